The SMILES string of the molecule is CC1CCC(C2CC(/N=C(/NC(=O)C3CNOC3C)NC3(C)CCCC3)NN2)CC1F. The van der Waals surface area contributed by atoms with Gasteiger partial charge in [-0.25, -0.2) is 20.3 Å². The Labute approximate surface area is 184 Å². The summed E-state index contributed by atoms with van der Waals surface area (Å²) in [5.41, 5.74) is 9.35. The molecule has 0 aromatic heterocycles. The zero-order valence-electron chi connectivity index (χ0n) is 19.0. The molecular weight excluding hydrogens is 399 g/mol. The predicted octanol–water partition coefficient (Wildman–Crippen LogP) is 1.89. The topological polar surface area (TPSA) is 98.8 Å². The number of carbonyl (C=O) groups is 1. The number of nitrogens with one attached hydrogen (secondary N) is 5. The molecule has 1 amide bonds. The lowest BCUT2D eigenvalue weighted by Gasteiger charge is -2.32. The molecule has 0 radical (unpaired) electrons. The molecule has 176 valence electrons. The summed E-state index contributed by atoms with van der Waals surface area (Å²) < 4.78 is 14.2. The number of guanidine groups is 1. The standard InChI is InChI=1S/C22H39FN6O2/c1-13-6-7-15(10-17(13)23)18-11-19(29-28-18)25-21(27-22(3)8-4-5-9-22)26-20(30)16-12-24-31-14(16)2/h13-19,24,28-29H,4-12H2,1-3H3,(H2,25,26,27,30). The van der Waals surface area contributed by atoms with Gasteiger partial charge < -0.3 is 5.32 Å². The first-order valence-electron chi connectivity index (χ1n) is 12.0. The number of amides is 1. The number of halogens is 1. The maximum atomic E-state index is 14.2. The molecule has 2 aliphatic carbocycles. The predicted molar refractivity (Wildman–Crippen MR) is 117 cm³/mol. The van der Waals surface area contributed by atoms with E-state index in [1.807, 2.05) is 13.8 Å². The van der Waals surface area contributed by atoms with Gasteiger partial charge >= 0.3 is 0 Å². The van der Waals surface area contributed by atoms with Crippen molar-refractivity contribution in [3.05, 3.63) is 0 Å². The summed E-state index contributed by atoms with van der Waals surface area (Å²) in [5.74, 6) is 0.661. The Balaban J connectivity index is 1.41. The van der Waals surface area contributed by atoms with Crippen LogP contribution in [0.4, 0.5) is 4.39 Å². The number of hydroxylamine groups is 1. The van der Waals surface area contributed by atoms with Crippen molar-refractivity contribution in [3.63, 3.8) is 0 Å². The van der Waals surface area contributed by atoms with Crippen molar-refractivity contribution in [2.75, 3.05) is 6.54 Å². The van der Waals surface area contributed by atoms with E-state index in [9.17, 15) is 9.18 Å². The summed E-state index contributed by atoms with van der Waals surface area (Å²) in [6, 6.07) is 0.200. The molecule has 2 saturated heterocycles. The number of hydrogen-bond donors (Lipinski definition) is 5. The highest BCUT2D eigenvalue weighted by atomic mass is 19.1. The van der Waals surface area contributed by atoms with Gasteiger partial charge in [0.25, 0.3) is 0 Å². The second-order valence-electron chi connectivity index (χ2n) is 10.4. The number of hydrogen-bond acceptors (Lipinski definition) is 6. The Morgan fingerprint density at radius 1 is 1.16 bits per heavy atom. The minimum absolute atomic E-state index is 0.0610. The largest absolute Gasteiger partial charge is 0.351 e. The molecule has 31 heavy (non-hydrogen) atoms. The molecule has 7 unspecified atom stereocenters. The summed E-state index contributed by atoms with van der Waals surface area (Å²) >= 11 is 0. The Morgan fingerprint density at radius 2 is 1.94 bits per heavy atom. The van der Waals surface area contributed by atoms with Gasteiger partial charge in [-0.15, -0.1) is 0 Å². The number of hydrazine groups is 1. The number of nitrogens with zero attached hydrogens (tertiary/aromatic N) is 1. The second-order valence-corrected chi connectivity index (χ2v) is 10.4. The Morgan fingerprint density at radius 3 is 2.61 bits per heavy atom. The fourth-order valence-electron chi connectivity index (χ4n) is 5.47. The zero-order chi connectivity index (χ0) is 22.0. The van der Waals surface area contributed by atoms with Crippen LogP contribution in [0.25, 0.3) is 0 Å². The molecule has 8 nitrogen and oxygen atoms in total. The summed E-state index contributed by atoms with van der Waals surface area (Å²) in [5, 5.41) is 6.55. The van der Waals surface area contributed by atoms with Crippen molar-refractivity contribution in [3.8, 4) is 0 Å². The van der Waals surface area contributed by atoms with Crippen LogP contribution < -0.4 is 27.0 Å². The van der Waals surface area contributed by atoms with Crippen LogP contribution in [0.3, 0.4) is 0 Å². The third-order valence-corrected chi connectivity index (χ3v) is 7.75. The summed E-state index contributed by atoms with van der Waals surface area (Å²) in [7, 11) is 0. The molecular formula is C22H39FN6O2. The average molecular weight is 439 g/mol. The molecule has 9 heteroatoms. The van der Waals surface area contributed by atoms with Crippen LogP contribution in [-0.4, -0.2) is 48.4 Å². The van der Waals surface area contributed by atoms with Gasteiger partial charge in [0.2, 0.25) is 5.91 Å². The number of alkyl halides is 1. The van der Waals surface area contributed by atoms with E-state index in [4.69, 9.17) is 9.83 Å². The van der Waals surface area contributed by atoms with Crippen molar-refractivity contribution < 1.29 is 14.0 Å². The molecule has 4 aliphatic rings. The van der Waals surface area contributed by atoms with Crippen LogP contribution in [-0.2, 0) is 9.63 Å². The van der Waals surface area contributed by atoms with Gasteiger partial charge in [0.1, 0.15) is 12.3 Å². The summed E-state index contributed by atoms with van der Waals surface area (Å²) in [6.07, 6.45) is 6.80. The molecule has 2 saturated carbocycles. The Hall–Kier alpha value is -1.29. The summed E-state index contributed by atoms with van der Waals surface area (Å²) in [4.78, 5) is 23.0. The minimum Gasteiger partial charge on any atom is -0.351 e. The first kappa shape index (κ1) is 22.9. The number of carbonyl (C=O) groups excluding carboxylic acids is 1. The van der Waals surface area contributed by atoms with Crippen LogP contribution in [0.1, 0.15) is 72.1 Å². The van der Waals surface area contributed by atoms with Gasteiger partial charge in [0, 0.05) is 24.5 Å². The molecule has 2 heterocycles. The minimum atomic E-state index is -0.717. The molecule has 4 fully saturated rings. The van der Waals surface area contributed by atoms with E-state index in [1.54, 1.807) is 0 Å². The highest BCUT2D eigenvalue weighted by Gasteiger charge is 2.38. The van der Waals surface area contributed by atoms with Gasteiger partial charge in [-0.05, 0) is 57.8 Å². The fourth-order valence-corrected chi connectivity index (χ4v) is 5.47. The van der Waals surface area contributed by atoms with Crippen molar-refractivity contribution in [1.29, 1.82) is 0 Å². The lowest BCUT2D eigenvalue weighted by molar-refractivity contribution is -0.124. The monoisotopic (exact) mass is 438 g/mol. The summed E-state index contributed by atoms with van der Waals surface area (Å²) in [6.45, 7) is 6.58. The first-order chi connectivity index (χ1) is 14.8. The smallest absolute Gasteiger partial charge is 0.233 e. The molecule has 2 aliphatic heterocycles. The second kappa shape index (κ2) is 9.68. The highest BCUT2D eigenvalue weighted by molar-refractivity contribution is 5.98. The third-order valence-electron chi connectivity index (χ3n) is 7.75. The van der Waals surface area contributed by atoms with E-state index in [1.165, 1.54) is 12.8 Å². The third kappa shape index (κ3) is 5.56. The van der Waals surface area contributed by atoms with Crippen LogP contribution in [0.5, 0.6) is 0 Å². The van der Waals surface area contributed by atoms with E-state index < -0.39 is 6.17 Å². The van der Waals surface area contributed by atoms with E-state index in [-0.39, 0.29) is 41.6 Å². The van der Waals surface area contributed by atoms with Crippen LogP contribution in [0.2, 0.25) is 0 Å². The molecule has 0 spiro atoms. The first-order valence-corrected chi connectivity index (χ1v) is 12.0. The van der Waals surface area contributed by atoms with Crippen LogP contribution in [0, 0.1) is 17.8 Å². The number of aliphatic imine (C=N–C) groups is 1. The quantitative estimate of drug-likeness (QED) is 0.340. The van der Waals surface area contributed by atoms with Crippen LogP contribution in [0.15, 0.2) is 4.99 Å². The molecule has 0 bridgehead atoms. The maximum absolute atomic E-state index is 14.2. The van der Waals surface area contributed by atoms with Crippen molar-refractivity contribution in [2.45, 2.75) is 102 Å². The Kier molecular flexibility index (Phi) is 7.15. The molecule has 0 aromatic carbocycles. The van der Waals surface area contributed by atoms with Gasteiger partial charge in [-0.3, -0.25) is 20.4 Å². The number of rotatable bonds is 4. The van der Waals surface area contributed by atoms with E-state index >= 15 is 0 Å². The van der Waals surface area contributed by atoms with E-state index in [0.717, 1.165) is 32.1 Å². The molecule has 7 atom stereocenters. The molecule has 4 rings (SSSR count). The molecule has 0 aromatic rings. The van der Waals surface area contributed by atoms with Crippen molar-refractivity contribution in [2.24, 2.45) is 22.7 Å². The zero-order valence-corrected chi connectivity index (χ0v) is 19.0. The maximum Gasteiger partial charge on any atom is 0.233 e. The van der Waals surface area contributed by atoms with Gasteiger partial charge in [0.15, 0.2) is 5.96 Å². The fraction of sp³-hybridized carbons (Fsp3) is 0.909. The normalized spacial score (nSPS) is 40.8. The Bertz CT molecular complexity index is 670. The molecule has 5 N–H and O–H groups in total. The van der Waals surface area contributed by atoms with Crippen molar-refractivity contribution in [1.82, 2.24) is 27.0 Å². The van der Waals surface area contributed by atoms with E-state index in [2.05, 4.69) is 33.9 Å². The van der Waals surface area contributed by atoms with E-state index in [0.29, 0.717) is 24.8 Å². The van der Waals surface area contributed by atoms with Crippen molar-refractivity contribution >= 4 is 11.9 Å². The van der Waals surface area contributed by atoms with Gasteiger partial charge in [-0.1, -0.05) is 19.8 Å². The highest BCUT2D eigenvalue weighted by Crippen LogP contribution is 2.35. The van der Waals surface area contributed by atoms with Gasteiger partial charge in [0.05, 0.1) is 12.0 Å². The van der Waals surface area contributed by atoms with Gasteiger partial charge in [-0.2, -0.15) is 0 Å². The lowest BCUT2D eigenvalue weighted by Crippen LogP contribution is -2.53. The average Bonchev–Trinajstić information content (AvgIpc) is 3.46. The van der Waals surface area contributed by atoms with Crippen LogP contribution >= 0.6 is 0 Å². The lowest BCUT2D eigenvalue weighted by atomic mass is 9.77.